The molecule has 0 radical (unpaired) electrons. The van der Waals surface area contributed by atoms with E-state index < -0.39 is 0 Å². The van der Waals surface area contributed by atoms with Gasteiger partial charge < -0.3 is 23.7 Å². The molecule has 0 unspecified atom stereocenters. The van der Waals surface area contributed by atoms with E-state index in [1.54, 1.807) is 34.1 Å². The molecule has 0 N–H and O–H groups in total. The third-order valence-electron chi connectivity index (χ3n) is 7.72. The number of halogens is 1. The standard InChI is InChI=1S/C35H37ClN2O6/c1-5-6-15-37(34(41)24-8-10-26(11-9-24)35(2,3)4)20-32(39)38(18-23-7-13-30-31(16-23)44-22-43-30)19-25-21-42-29-14-12-27(36)17-28(29)33(25)40/h7-14,16-17,21H,5-6,15,18-20,22H2,1-4H3. The fourth-order valence-electron chi connectivity index (χ4n) is 5.11. The quantitative estimate of drug-likeness (QED) is 0.192. The Morgan fingerprint density at radius 3 is 2.39 bits per heavy atom. The first-order valence-electron chi connectivity index (χ1n) is 14.8. The van der Waals surface area contributed by atoms with Crippen LogP contribution in [0, 0.1) is 0 Å². The summed E-state index contributed by atoms with van der Waals surface area (Å²) >= 11 is 6.16. The van der Waals surface area contributed by atoms with Crippen LogP contribution in [-0.4, -0.2) is 41.5 Å². The SMILES string of the molecule is CCCCN(CC(=O)N(Cc1ccc2c(c1)OCO2)Cc1coc2ccc(Cl)cc2c1=O)C(=O)c1ccc(C(C)(C)C)cc1. The molecule has 3 aromatic carbocycles. The first-order chi connectivity index (χ1) is 21.0. The van der Waals surface area contributed by atoms with Crippen molar-refractivity contribution in [3.8, 4) is 11.5 Å². The average molecular weight is 617 g/mol. The highest BCUT2D eigenvalue weighted by atomic mass is 35.5. The van der Waals surface area contributed by atoms with Crippen molar-refractivity contribution in [3.05, 3.63) is 104 Å². The fourth-order valence-corrected chi connectivity index (χ4v) is 5.28. The lowest BCUT2D eigenvalue weighted by molar-refractivity contribution is -0.133. The van der Waals surface area contributed by atoms with Gasteiger partial charge in [0, 0.05) is 23.7 Å². The maximum absolute atomic E-state index is 14.0. The van der Waals surface area contributed by atoms with Crippen LogP contribution < -0.4 is 14.9 Å². The predicted octanol–water partition coefficient (Wildman–Crippen LogP) is 6.94. The van der Waals surface area contributed by atoms with Gasteiger partial charge in [-0.2, -0.15) is 0 Å². The maximum atomic E-state index is 14.0. The number of fused-ring (bicyclic) bond motifs is 2. The van der Waals surface area contributed by atoms with Gasteiger partial charge in [0.15, 0.2) is 16.9 Å². The molecule has 0 spiro atoms. The molecule has 1 aromatic heterocycles. The zero-order valence-electron chi connectivity index (χ0n) is 25.5. The van der Waals surface area contributed by atoms with Gasteiger partial charge in [-0.1, -0.05) is 63.9 Å². The topological polar surface area (TPSA) is 89.3 Å². The highest BCUT2D eigenvalue weighted by molar-refractivity contribution is 6.31. The largest absolute Gasteiger partial charge is 0.464 e. The number of ether oxygens (including phenoxy) is 2. The molecule has 0 saturated heterocycles. The molecule has 9 heteroatoms. The summed E-state index contributed by atoms with van der Waals surface area (Å²) in [5, 5.41) is 0.750. The van der Waals surface area contributed by atoms with Crippen molar-refractivity contribution in [2.75, 3.05) is 19.9 Å². The molecule has 4 aromatic rings. The van der Waals surface area contributed by atoms with Gasteiger partial charge in [-0.3, -0.25) is 14.4 Å². The Morgan fingerprint density at radius 2 is 1.66 bits per heavy atom. The smallest absolute Gasteiger partial charge is 0.254 e. The van der Waals surface area contributed by atoms with Gasteiger partial charge in [0.05, 0.1) is 23.8 Å². The lowest BCUT2D eigenvalue weighted by atomic mass is 9.86. The Labute approximate surface area is 262 Å². The first kappa shape index (κ1) is 31.1. The molecule has 1 aliphatic heterocycles. The second-order valence-corrected chi connectivity index (χ2v) is 12.5. The molecule has 0 saturated carbocycles. The number of amides is 2. The van der Waals surface area contributed by atoms with Crippen molar-refractivity contribution in [2.24, 2.45) is 0 Å². The summed E-state index contributed by atoms with van der Waals surface area (Å²) in [5.74, 6) is 0.708. The minimum atomic E-state index is -0.302. The van der Waals surface area contributed by atoms with E-state index in [1.807, 2.05) is 43.3 Å². The second-order valence-electron chi connectivity index (χ2n) is 12.1. The molecule has 2 heterocycles. The van der Waals surface area contributed by atoms with E-state index >= 15 is 0 Å². The van der Waals surface area contributed by atoms with Crippen molar-refractivity contribution in [1.82, 2.24) is 9.80 Å². The lowest BCUT2D eigenvalue weighted by Crippen LogP contribution is -2.43. The van der Waals surface area contributed by atoms with Crippen LogP contribution in [0.2, 0.25) is 5.02 Å². The highest BCUT2D eigenvalue weighted by Crippen LogP contribution is 2.33. The molecular formula is C35H37ClN2O6. The lowest BCUT2D eigenvalue weighted by Gasteiger charge is -2.28. The molecule has 230 valence electrons. The molecular weight excluding hydrogens is 580 g/mol. The number of hydrogen-bond acceptors (Lipinski definition) is 6. The zero-order chi connectivity index (χ0) is 31.4. The Morgan fingerprint density at radius 1 is 0.909 bits per heavy atom. The van der Waals surface area contributed by atoms with Crippen LogP contribution in [0.5, 0.6) is 11.5 Å². The van der Waals surface area contributed by atoms with Gasteiger partial charge in [-0.25, -0.2) is 0 Å². The van der Waals surface area contributed by atoms with Gasteiger partial charge in [-0.15, -0.1) is 0 Å². The summed E-state index contributed by atoms with van der Waals surface area (Å²) in [6, 6.07) is 17.9. The Balaban J connectivity index is 1.44. The van der Waals surface area contributed by atoms with Gasteiger partial charge in [-0.05, 0) is 65.4 Å². The summed E-state index contributed by atoms with van der Waals surface area (Å²) in [6.07, 6.45) is 2.99. The Bertz CT molecular complexity index is 1720. The minimum absolute atomic E-state index is 0.0197. The van der Waals surface area contributed by atoms with Crippen LogP contribution >= 0.6 is 11.6 Å². The molecule has 5 rings (SSSR count). The molecule has 0 fully saturated rings. The van der Waals surface area contributed by atoms with Crippen molar-refractivity contribution in [2.45, 2.75) is 59.0 Å². The van der Waals surface area contributed by atoms with Gasteiger partial charge in [0.25, 0.3) is 5.91 Å². The fraction of sp³-hybridized carbons (Fsp3) is 0.343. The third-order valence-corrected chi connectivity index (χ3v) is 7.96. The van der Waals surface area contributed by atoms with E-state index in [0.29, 0.717) is 45.2 Å². The maximum Gasteiger partial charge on any atom is 0.254 e. The summed E-state index contributed by atoms with van der Waals surface area (Å²) in [5.41, 5.74) is 2.83. The van der Waals surface area contributed by atoms with Crippen molar-refractivity contribution < 1.29 is 23.5 Å². The number of benzene rings is 3. The van der Waals surface area contributed by atoms with Crippen LogP contribution in [0.3, 0.4) is 0 Å². The van der Waals surface area contributed by atoms with Crippen molar-refractivity contribution in [3.63, 3.8) is 0 Å². The van der Waals surface area contributed by atoms with Crippen LogP contribution in [-0.2, 0) is 23.3 Å². The number of carbonyl (C=O) groups excluding carboxylic acids is 2. The van der Waals surface area contributed by atoms with Crippen LogP contribution in [0.15, 0.2) is 76.1 Å². The number of hydrogen-bond donors (Lipinski definition) is 0. The Hall–Kier alpha value is -4.30. The minimum Gasteiger partial charge on any atom is -0.464 e. The molecule has 1 aliphatic rings. The van der Waals surface area contributed by atoms with Gasteiger partial charge >= 0.3 is 0 Å². The van der Waals surface area contributed by atoms with E-state index in [1.165, 1.54) is 6.26 Å². The molecule has 2 amide bonds. The normalized spacial score (nSPS) is 12.4. The van der Waals surface area contributed by atoms with Crippen LogP contribution in [0.4, 0.5) is 0 Å². The number of unbranched alkanes of at least 4 members (excludes halogenated alkanes) is 1. The Kier molecular flexibility index (Phi) is 9.30. The molecule has 0 atom stereocenters. The monoisotopic (exact) mass is 616 g/mol. The summed E-state index contributed by atoms with van der Waals surface area (Å²) < 4.78 is 16.7. The first-order valence-corrected chi connectivity index (χ1v) is 15.2. The van der Waals surface area contributed by atoms with E-state index in [9.17, 15) is 14.4 Å². The van der Waals surface area contributed by atoms with Crippen LogP contribution in [0.1, 0.15) is 67.6 Å². The van der Waals surface area contributed by atoms with Crippen molar-refractivity contribution >= 4 is 34.4 Å². The number of nitrogens with zero attached hydrogens (tertiary/aromatic N) is 2. The highest BCUT2D eigenvalue weighted by Gasteiger charge is 2.25. The van der Waals surface area contributed by atoms with Crippen molar-refractivity contribution in [1.29, 1.82) is 0 Å². The molecule has 0 bridgehead atoms. The van der Waals surface area contributed by atoms with E-state index in [2.05, 4.69) is 20.8 Å². The summed E-state index contributed by atoms with van der Waals surface area (Å²) in [7, 11) is 0. The molecule has 0 aliphatic carbocycles. The van der Waals surface area contributed by atoms with Gasteiger partial charge in [0.1, 0.15) is 12.1 Å². The summed E-state index contributed by atoms with van der Waals surface area (Å²) in [4.78, 5) is 44.3. The van der Waals surface area contributed by atoms with Gasteiger partial charge in [0.2, 0.25) is 12.7 Å². The van der Waals surface area contributed by atoms with Crippen LogP contribution in [0.25, 0.3) is 11.0 Å². The second kappa shape index (κ2) is 13.1. The molecule has 44 heavy (non-hydrogen) atoms. The van der Waals surface area contributed by atoms with E-state index in [4.69, 9.17) is 25.5 Å². The van der Waals surface area contributed by atoms with E-state index in [-0.39, 0.29) is 49.1 Å². The number of carbonyl (C=O) groups is 2. The average Bonchev–Trinajstić information content (AvgIpc) is 3.47. The van der Waals surface area contributed by atoms with E-state index in [0.717, 1.165) is 24.0 Å². The third kappa shape index (κ3) is 7.08. The number of rotatable bonds is 10. The summed E-state index contributed by atoms with van der Waals surface area (Å²) in [6.45, 7) is 8.98. The molecule has 8 nitrogen and oxygen atoms in total. The predicted molar refractivity (Wildman–Crippen MR) is 170 cm³/mol. The zero-order valence-corrected chi connectivity index (χ0v) is 26.3.